The molecule has 0 bridgehead atoms. The molecule has 0 radical (unpaired) electrons. The second-order valence-electron chi connectivity index (χ2n) is 4.86. The monoisotopic (exact) mass is 224 g/mol. The molecule has 84 valence electrons. The summed E-state index contributed by atoms with van der Waals surface area (Å²) in [5.41, 5.74) is 2.70. The fourth-order valence-electron chi connectivity index (χ4n) is 1.13. The molecule has 0 amide bonds. The Balaban J connectivity index is 2.62. The van der Waals surface area contributed by atoms with E-state index >= 15 is 0 Å². The van der Waals surface area contributed by atoms with Crippen molar-refractivity contribution in [1.82, 2.24) is 0 Å². The second kappa shape index (κ2) is 4.93. The van der Waals surface area contributed by atoms with Crippen LogP contribution in [0.15, 0.2) is 18.2 Å². The van der Waals surface area contributed by atoms with Gasteiger partial charge in [-0.15, -0.1) is 0 Å². The molecule has 1 aromatic rings. The Bertz CT molecular complexity index is 331. The minimum atomic E-state index is 0.127. The summed E-state index contributed by atoms with van der Waals surface area (Å²) in [5.74, 6) is 1.78. The summed E-state index contributed by atoms with van der Waals surface area (Å²) in [5, 5.41) is 0. The van der Waals surface area contributed by atoms with E-state index in [-0.39, 0.29) is 5.41 Å². The molecular weight excluding hydrogens is 204 g/mol. The number of rotatable bonds is 4. The van der Waals surface area contributed by atoms with Crippen molar-refractivity contribution in [3.05, 3.63) is 29.3 Å². The van der Waals surface area contributed by atoms with Crippen LogP contribution in [0.4, 0.5) is 0 Å². The van der Waals surface area contributed by atoms with Crippen molar-refractivity contribution in [2.75, 3.05) is 12.4 Å². The van der Waals surface area contributed by atoms with Gasteiger partial charge in [-0.05, 0) is 42.9 Å². The second-order valence-corrected chi connectivity index (χ2v) is 5.17. The maximum absolute atomic E-state index is 5.75. The first kappa shape index (κ1) is 12.4. The van der Waals surface area contributed by atoms with E-state index in [0.29, 0.717) is 6.61 Å². The predicted octanol–water partition coefficient (Wildman–Crippen LogP) is 3.64. The maximum atomic E-state index is 5.75. The molecule has 0 atom stereocenters. The first-order valence-electron chi connectivity index (χ1n) is 5.25. The highest BCUT2D eigenvalue weighted by atomic mass is 32.1. The zero-order valence-corrected chi connectivity index (χ0v) is 10.9. The van der Waals surface area contributed by atoms with Gasteiger partial charge >= 0.3 is 0 Å². The average Bonchev–Trinajstić information content (AvgIpc) is 2.20. The van der Waals surface area contributed by atoms with Gasteiger partial charge in [-0.25, -0.2) is 0 Å². The van der Waals surface area contributed by atoms with E-state index in [1.54, 1.807) is 0 Å². The Kier molecular flexibility index (Phi) is 4.09. The summed E-state index contributed by atoms with van der Waals surface area (Å²) < 4.78 is 5.75. The highest BCUT2D eigenvalue weighted by Gasteiger charge is 2.16. The molecule has 0 aromatic heterocycles. The molecule has 15 heavy (non-hydrogen) atoms. The van der Waals surface area contributed by atoms with Crippen LogP contribution >= 0.6 is 12.6 Å². The Morgan fingerprint density at radius 3 is 2.40 bits per heavy atom. The zero-order chi connectivity index (χ0) is 11.5. The molecule has 0 aliphatic rings. The average molecular weight is 224 g/mol. The van der Waals surface area contributed by atoms with Crippen molar-refractivity contribution in [2.24, 2.45) is 5.41 Å². The molecular formula is C13H20OS. The summed E-state index contributed by atoms with van der Waals surface area (Å²) in [7, 11) is 0. The molecule has 0 heterocycles. The number of aryl methyl sites for hydroxylation is 2. The molecule has 1 rings (SSSR count). The third-order valence-corrected chi connectivity index (χ3v) is 3.39. The van der Waals surface area contributed by atoms with Crippen molar-refractivity contribution in [3.63, 3.8) is 0 Å². The van der Waals surface area contributed by atoms with Crippen molar-refractivity contribution in [2.45, 2.75) is 27.7 Å². The molecule has 0 N–H and O–H groups in total. The number of ether oxygens (including phenoxy) is 1. The molecule has 1 aromatic carbocycles. The lowest BCUT2D eigenvalue weighted by Gasteiger charge is -2.22. The summed E-state index contributed by atoms with van der Waals surface area (Å²) in [6.45, 7) is 9.23. The van der Waals surface area contributed by atoms with E-state index in [0.717, 1.165) is 11.5 Å². The lowest BCUT2D eigenvalue weighted by Crippen LogP contribution is -2.23. The van der Waals surface area contributed by atoms with Crippen LogP contribution in [0.1, 0.15) is 25.0 Å². The minimum Gasteiger partial charge on any atom is -0.493 e. The number of benzene rings is 1. The molecule has 0 fully saturated rings. The van der Waals surface area contributed by atoms with Gasteiger partial charge in [0.25, 0.3) is 0 Å². The highest BCUT2D eigenvalue weighted by molar-refractivity contribution is 7.80. The van der Waals surface area contributed by atoms with Gasteiger partial charge < -0.3 is 4.74 Å². The summed E-state index contributed by atoms with van der Waals surface area (Å²) in [6, 6.07) is 6.21. The van der Waals surface area contributed by atoms with E-state index in [4.69, 9.17) is 4.74 Å². The molecule has 0 spiro atoms. The summed E-state index contributed by atoms with van der Waals surface area (Å²) >= 11 is 4.30. The van der Waals surface area contributed by atoms with Gasteiger partial charge in [0.05, 0.1) is 6.61 Å². The molecule has 2 heteroatoms. The van der Waals surface area contributed by atoms with E-state index in [9.17, 15) is 0 Å². The van der Waals surface area contributed by atoms with E-state index in [1.165, 1.54) is 11.1 Å². The Morgan fingerprint density at radius 2 is 1.87 bits per heavy atom. The van der Waals surface area contributed by atoms with Gasteiger partial charge in [-0.3, -0.25) is 0 Å². The lowest BCUT2D eigenvalue weighted by molar-refractivity contribution is 0.202. The number of hydrogen-bond acceptors (Lipinski definition) is 2. The molecule has 0 aliphatic heterocycles. The number of thiol groups is 1. The SMILES string of the molecule is Cc1ccc(OCC(C)(C)CS)cc1C. The fourth-order valence-corrected chi connectivity index (χ4v) is 1.22. The van der Waals surface area contributed by atoms with Crippen LogP contribution in [-0.2, 0) is 0 Å². The molecule has 0 saturated heterocycles. The highest BCUT2D eigenvalue weighted by Crippen LogP contribution is 2.21. The van der Waals surface area contributed by atoms with Crippen LogP contribution in [0.2, 0.25) is 0 Å². The predicted molar refractivity (Wildman–Crippen MR) is 69.0 cm³/mol. The van der Waals surface area contributed by atoms with E-state index in [1.807, 2.05) is 6.07 Å². The Hall–Kier alpha value is -0.630. The molecule has 0 aliphatic carbocycles. The smallest absolute Gasteiger partial charge is 0.119 e. The van der Waals surface area contributed by atoms with E-state index < -0.39 is 0 Å². The van der Waals surface area contributed by atoms with Gasteiger partial charge in [0.15, 0.2) is 0 Å². The summed E-state index contributed by atoms with van der Waals surface area (Å²) in [6.07, 6.45) is 0. The van der Waals surface area contributed by atoms with Crippen molar-refractivity contribution < 1.29 is 4.74 Å². The number of hydrogen-bond donors (Lipinski definition) is 1. The van der Waals surface area contributed by atoms with Crippen molar-refractivity contribution in [3.8, 4) is 5.75 Å². The third kappa shape index (κ3) is 3.78. The fraction of sp³-hybridized carbons (Fsp3) is 0.538. The molecule has 0 saturated carbocycles. The van der Waals surface area contributed by atoms with Crippen molar-refractivity contribution >= 4 is 12.6 Å². The molecule has 1 nitrogen and oxygen atoms in total. The lowest BCUT2D eigenvalue weighted by atomic mass is 9.98. The molecule has 0 unspecified atom stereocenters. The quantitative estimate of drug-likeness (QED) is 0.768. The van der Waals surface area contributed by atoms with E-state index in [2.05, 4.69) is 52.5 Å². The standard InChI is InChI=1S/C13H20OS/c1-10-5-6-12(7-11(10)2)14-8-13(3,4)9-15/h5-7,15H,8-9H2,1-4H3. The van der Waals surface area contributed by atoms with Crippen LogP contribution in [0.5, 0.6) is 5.75 Å². The Labute approximate surface area is 98.3 Å². The summed E-state index contributed by atoms with van der Waals surface area (Å²) in [4.78, 5) is 0. The van der Waals surface area contributed by atoms with Crippen LogP contribution < -0.4 is 4.74 Å². The van der Waals surface area contributed by atoms with Crippen LogP contribution in [0.3, 0.4) is 0 Å². The van der Waals surface area contributed by atoms with Gasteiger partial charge in [0, 0.05) is 5.41 Å². The van der Waals surface area contributed by atoms with Gasteiger partial charge in [0.2, 0.25) is 0 Å². The zero-order valence-electron chi connectivity index (χ0n) is 10.0. The van der Waals surface area contributed by atoms with Crippen molar-refractivity contribution in [1.29, 1.82) is 0 Å². The van der Waals surface area contributed by atoms with Gasteiger partial charge in [-0.2, -0.15) is 12.6 Å². The van der Waals surface area contributed by atoms with Gasteiger partial charge in [0.1, 0.15) is 5.75 Å². The van der Waals surface area contributed by atoms with Crippen LogP contribution in [-0.4, -0.2) is 12.4 Å². The Morgan fingerprint density at radius 1 is 1.20 bits per heavy atom. The van der Waals surface area contributed by atoms with Crippen LogP contribution in [0, 0.1) is 19.3 Å². The third-order valence-electron chi connectivity index (χ3n) is 2.54. The van der Waals surface area contributed by atoms with Crippen LogP contribution in [0.25, 0.3) is 0 Å². The van der Waals surface area contributed by atoms with Gasteiger partial charge in [-0.1, -0.05) is 19.9 Å². The first-order valence-corrected chi connectivity index (χ1v) is 5.89. The normalized spacial score (nSPS) is 11.5. The maximum Gasteiger partial charge on any atom is 0.119 e. The largest absolute Gasteiger partial charge is 0.493 e. The topological polar surface area (TPSA) is 9.23 Å². The first-order chi connectivity index (χ1) is 6.94. The minimum absolute atomic E-state index is 0.127.